The third kappa shape index (κ3) is 3.13. The first kappa shape index (κ1) is 11.2. The molecular weight excluding hydrogens is 179 g/mol. The highest BCUT2D eigenvalue weighted by atomic mass is 16.3. The molecule has 2 unspecified atom stereocenters. The summed E-state index contributed by atoms with van der Waals surface area (Å²) < 4.78 is 0. The van der Waals surface area contributed by atoms with Gasteiger partial charge in [0.15, 0.2) is 6.10 Å². The van der Waals surface area contributed by atoms with Crippen LogP contribution in [-0.4, -0.2) is 30.9 Å². The molecule has 2 N–H and O–H groups in total. The van der Waals surface area contributed by atoms with E-state index in [-0.39, 0.29) is 13.5 Å². The third-order valence-electron chi connectivity index (χ3n) is 2.79. The van der Waals surface area contributed by atoms with Crippen molar-refractivity contribution in [1.29, 1.82) is 5.26 Å². The van der Waals surface area contributed by atoms with E-state index in [1.54, 1.807) is 6.07 Å². The fraction of sp³-hybridized carbons (Fsp3) is 0.778. The van der Waals surface area contributed by atoms with E-state index in [1.165, 1.54) is 19.3 Å². The zero-order valence-corrected chi connectivity index (χ0v) is 8.15. The van der Waals surface area contributed by atoms with Gasteiger partial charge >= 0.3 is 0 Å². The number of carbonyl (C=O) groups is 1. The average Bonchev–Trinajstić information content (AvgIpc) is 2.14. The molecule has 1 aliphatic carbocycles. The minimum atomic E-state index is -1.00. The van der Waals surface area contributed by atoms with Crippen molar-refractivity contribution < 1.29 is 9.90 Å². The highest BCUT2D eigenvalue weighted by molar-refractivity contribution is 6.64. The van der Waals surface area contributed by atoms with Crippen LogP contribution in [0.3, 0.4) is 0 Å². The molecule has 1 saturated carbocycles. The van der Waals surface area contributed by atoms with Crippen LogP contribution in [0.4, 0.5) is 0 Å². The maximum atomic E-state index is 10.2. The molecule has 0 amide bonds. The van der Waals surface area contributed by atoms with Crippen LogP contribution in [0.5, 0.6) is 0 Å². The van der Waals surface area contributed by atoms with Gasteiger partial charge < -0.3 is 15.1 Å². The molecule has 0 radical (unpaired) electrons. The van der Waals surface area contributed by atoms with Crippen molar-refractivity contribution in [3.63, 3.8) is 0 Å². The minimum Gasteiger partial charge on any atom is -0.377 e. The van der Waals surface area contributed by atoms with Gasteiger partial charge in [0.25, 0.3) is 7.41 Å². The fourth-order valence-corrected chi connectivity index (χ4v) is 1.70. The first-order valence-electron chi connectivity index (χ1n) is 5.02. The van der Waals surface area contributed by atoms with Gasteiger partial charge in [-0.2, -0.15) is 5.26 Å². The Morgan fingerprint density at radius 1 is 1.71 bits per heavy atom. The molecular formula is C9H15BN2O2. The molecule has 1 aliphatic rings. The van der Waals surface area contributed by atoms with Crippen molar-refractivity contribution in [2.75, 3.05) is 0 Å². The second-order valence-electron chi connectivity index (χ2n) is 3.79. The van der Waals surface area contributed by atoms with Gasteiger partial charge in [-0.05, 0) is 12.3 Å². The van der Waals surface area contributed by atoms with E-state index in [0.29, 0.717) is 5.92 Å². The topological polar surface area (TPSA) is 73.1 Å². The standard InChI is InChI=1S/C9H15BN2O2/c11-5-9(14)8(12-10-6-13)4-7-2-1-3-7/h6-10,12,14H,1-4H2. The zero-order valence-electron chi connectivity index (χ0n) is 8.15. The molecule has 4 nitrogen and oxygen atoms in total. The Morgan fingerprint density at radius 3 is 2.86 bits per heavy atom. The van der Waals surface area contributed by atoms with E-state index >= 15 is 0 Å². The van der Waals surface area contributed by atoms with Gasteiger partial charge in [-0.15, -0.1) is 0 Å². The van der Waals surface area contributed by atoms with Crippen LogP contribution in [0, 0.1) is 17.2 Å². The SMILES string of the molecule is N#CC(O)C(CC1CCC1)NBC=O. The lowest BCUT2D eigenvalue weighted by Crippen LogP contribution is -2.43. The molecule has 1 rings (SSSR count). The molecule has 0 aromatic rings. The van der Waals surface area contributed by atoms with Crippen molar-refractivity contribution in [2.45, 2.75) is 37.8 Å². The molecule has 0 aromatic carbocycles. The van der Waals surface area contributed by atoms with Gasteiger partial charge in [-0.1, -0.05) is 19.3 Å². The van der Waals surface area contributed by atoms with Gasteiger partial charge in [0.1, 0.15) is 0 Å². The number of aliphatic hydroxyl groups excluding tert-OH is 1. The van der Waals surface area contributed by atoms with Crippen LogP contribution in [0.2, 0.25) is 0 Å². The lowest BCUT2D eigenvalue weighted by molar-refractivity contribution is 0.155. The predicted octanol–water partition coefficient (Wildman–Crippen LogP) is -0.439. The normalized spacial score (nSPS) is 20.3. The minimum absolute atomic E-state index is 0.204. The largest absolute Gasteiger partial charge is 0.377 e. The maximum Gasteiger partial charge on any atom is 0.278 e. The van der Waals surface area contributed by atoms with Crippen molar-refractivity contribution in [3.05, 3.63) is 0 Å². The number of nitriles is 1. The van der Waals surface area contributed by atoms with E-state index in [0.717, 1.165) is 12.6 Å². The molecule has 0 heterocycles. The van der Waals surface area contributed by atoms with Crippen LogP contribution in [0.25, 0.3) is 0 Å². The van der Waals surface area contributed by atoms with Crippen molar-refractivity contribution >= 4 is 13.6 Å². The summed E-state index contributed by atoms with van der Waals surface area (Å²) in [6, 6.07) is 1.55. The monoisotopic (exact) mass is 194 g/mol. The van der Waals surface area contributed by atoms with Crippen molar-refractivity contribution in [1.82, 2.24) is 5.23 Å². The Labute approximate surface area is 84.6 Å². The lowest BCUT2D eigenvalue weighted by atomic mass is 9.79. The number of hydrogen-bond acceptors (Lipinski definition) is 4. The Hall–Kier alpha value is -0.855. The molecule has 0 bridgehead atoms. The molecule has 0 aliphatic heterocycles. The molecule has 14 heavy (non-hydrogen) atoms. The van der Waals surface area contributed by atoms with Crippen LogP contribution in [-0.2, 0) is 4.79 Å². The van der Waals surface area contributed by atoms with Crippen LogP contribution < -0.4 is 5.23 Å². The van der Waals surface area contributed by atoms with Crippen molar-refractivity contribution in [3.8, 4) is 6.07 Å². The van der Waals surface area contributed by atoms with E-state index < -0.39 is 6.10 Å². The highest BCUT2D eigenvalue weighted by Crippen LogP contribution is 2.30. The molecule has 0 spiro atoms. The second kappa shape index (κ2) is 5.79. The molecule has 0 aromatic heterocycles. The number of nitrogens with one attached hydrogen (secondary N) is 1. The van der Waals surface area contributed by atoms with Gasteiger partial charge in [-0.3, -0.25) is 0 Å². The summed E-state index contributed by atoms with van der Waals surface area (Å²) >= 11 is 0. The lowest BCUT2D eigenvalue weighted by Gasteiger charge is -2.30. The molecule has 1 fully saturated rings. The van der Waals surface area contributed by atoms with Gasteiger partial charge in [0, 0.05) is 6.04 Å². The van der Waals surface area contributed by atoms with Gasteiger partial charge in [0.2, 0.25) is 0 Å². The number of aliphatic hydroxyl groups is 1. The van der Waals surface area contributed by atoms with Crippen LogP contribution in [0.15, 0.2) is 0 Å². The molecule has 2 atom stereocenters. The summed E-state index contributed by atoms with van der Waals surface area (Å²) in [6.07, 6.45) is 4.14. The van der Waals surface area contributed by atoms with Crippen LogP contribution >= 0.6 is 0 Å². The highest BCUT2D eigenvalue weighted by Gasteiger charge is 2.26. The summed E-state index contributed by atoms with van der Waals surface area (Å²) in [5.41, 5.74) is 0. The van der Waals surface area contributed by atoms with Gasteiger partial charge in [0.05, 0.1) is 12.3 Å². The summed E-state index contributed by atoms with van der Waals surface area (Å²) in [5.74, 6) is 0.613. The maximum absolute atomic E-state index is 10.2. The number of rotatable bonds is 6. The second-order valence-corrected chi connectivity index (χ2v) is 3.79. The summed E-state index contributed by atoms with van der Waals surface area (Å²) in [7, 11) is 0.204. The first-order chi connectivity index (χ1) is 6.77. The Kier molecular flexibility index (Phi) is 4.64. The number of carbonyl (C=O) groups excluding carboxylic acids is 1. The first-order valence-corrected chi connectivity index (χ1v) is 5.02. The summed E-state index contributed by atoms with van der Waals surface area (Å²) in [4.78, 5) is 10.2. The Morgan fingerprint density at radius 2 is 2.43 bits per heavy atom. The van der Waals surface area contributed by atoms with E-state index in [2.05, 4.69) is 5.23 Å². The van der Waals surface area contributed by atoms with E-state index in [4.69, 9.17) is 5.26 Å². The van der Waals surface area contributed by atoms with Crippen molar-refractivity contribution in [2.24, 2.45) is 5.92 Å². The van der Waals surface area contributed by atoms with Gasteiger partial charge in [-0.25, -0.2) is 0 Å². The van der Waals surface area contributed by atoms with Crippen LogP contribution in [0.1, 0.15) is 25.7 Å². The fourth-order valence-electron chi connectivity index (χ4n) is 1.70. The zero-order chi connectivity index (χ0) is 10.4. The Bertz CT molecular complexity index is 225. The third-order valence-corrected chi connectivity index (χ3v) is 2.79. The molecule has 0 saturated heterocycles. The number of nitrogens with zero attached hydrogens (tertiary/aromatic N) is 1. The quantitative estimate of drug-likeness (QED) is 0.341. The van der Waals surface area contributed by atoms with E-state index in [1.807, 2.05) is 0 Å². The number of hydrogen-bond donors (Lipinski definition) is 2. The average molecular weight is 194 g/mol. The molecule has 5 heteroatoms. The summed E-state index contributed by atoms with van der Waals surface area (Å²) in [5, 5.41) is 20.8. The van der Waals surface area contributed by atoms with E-state index in [9.17, 15) is 9.90 Å². The Balaban J connectivity index is 2.34. The predicted molar refractivity (Wildman–Crippen MR) is 54.4 cm³/mol. The molecule has 76 valence electrons. The smallest absolute Gasteiger partial charge is 0.278 e. The summed E-state index contributed by atoms with van der Waals surface area (Å²) in [6.45, 7) is 0.